The number of hydrogen-bond acceptors (Lipinski definition) is 4. The maximum absolute atomic E-state index is 6.00. The predicted molar refractivity (Wildman–Crippen MR) is 63.3 cm³/mol. The third-order valence-corrected chi connectivity index (χ3v) is 4.02. The lowest BCUT2D eigenvalue weighted by Gasteiger charge is -1.90. The molecule has 0 aromatic carbocycles. The van der Waals surface area contributed by atoms with Crippen molar-refractivity contribution < 1.29 is 0 Å². The first-order valence-corrected chi connectivity index (χ1v) is 6.25. The van der Waals surface area contributed by atoms with E-state index in [0.717, 1.165) is 16.3 Å². The first-order valence-electron chi connectivity index (χ1n) is 3.80. The van der Waals surface area contributed by atoms with Gasteiger partial charge in [0, 0.05) is 17.5 Å². The van der Waals surface area contributed by atoms with Gasteiger partial charge in [0.1, 0.15) is 9.34 Å². The summed E-state index contributed by atoms with van der Waals surface area (Å²) in [6, 6.07) is 1.82. The van der Waals surface area contributed by atoms with Crippen LogP contribution in [0.1, 0.15) is 5.01 Å². The van der Waals surface area contributed by atoms with Crippen molar-refractivity contribution >= 4 is 45.9 Å². The normalized spacial score (nSPS) is 10.8. The third-order valence-electron chi connectivity index (χ3n) is 1.66. The molecule has 2 aromatic heterocycles. The van der Waals surface area contributed by atoms with Crippen molar-refractivity contribution in [2.75, 3.05) is 0 Å². The Bertz CT molecular complexity index is 450. The first-order chi connectivity index (χ1) is 6.70. The van der Waals surface area contributed by atoms with Crippen LogP contribution in [0, 0.1) is 0 Å². The third kappa shape index (κ3) is 1.94. The highest BCUT2D eigenvalue weighted by Gasteiger charge is 2.11. The number of hydrogen-bond donors (Lipinski definition) is 1. The molecule has 2 N–H and O–H groups in total. The maximum atomic E-state index is 6.00. The van der Waals surface area contributed by atoms with Crippen molar-refractivity contribution in [1.29, 1.82) is 0 Å². The fraction of sp³-hybridized carbons (Fsp3) is 0.125. The number of thiophene rings is 1. The summed E-state index contributed by atoms with van der Waals surface area (Å²) in [5.74, 6) is 0. The van der Waals surface area contributed by atoms with Crippen LogP contribution in [-0.2, 0) is 6.54 Å². The van der Waals surface area contributed by atoms with Crippen LogP contribution in [0.2, 0.25) is 8.67 Å². The number of halogens is 2. The van der Waals surface area contributed by atoms with Crippen LogP contribution >= 0.6 is 45.9 Å². The molecule has 0 bridgehead atoms. The molecule has 0 atom stereocenters. The van der Waals surface area contributed by atoms with Crippen molar-refractivity contribution in [3.63, 3.8) is 0 Å². The number of nitrogens with two attached hydrogens (primary N) is 1. The number of aromatic nitrogens is 1. The Morgan fingerprint density at radius 1 is 1.43 bits per heavy atom. The maximum Gasteiger partial charge on any atom is 0.107 e. The van der Waals surface area contributed by atoms with Gasteiger partial charge in [-0.05, 0) is 6.07 Å². The minimum atomic E-state index is 0.458. The average molecular weight is 265 g/mol. The average Bonchev–Trinajstić information content (AvgIpc) is 2.71. The Balaban J connectivity index is 2.43. The molecule has 0 amide bonds. The van der Waals surface area contributed by atoms with Crippen LogP contribution in [-0.4, -0.2) is 4.98 Å². The molecular formula is C8H6Cl2N2S2. The highest BCUT2D eigenvalue weighted by Crippen LogP contribution is 2.38. The van der Waals surface area contributed by atoms with E-state index in [1.165, 1.54) is 22.7 Å². The van der Waals surface area contributed by atoms with E-state index in [-0.39, 0.29) is 0 Å². The second kappa shape index (κ2) is 4.16. The topological polar surface area (TPSA) is 38.9 Å². The van der Waals surface area contributed by atoms with E-state index in [0.29, 0.717) is 15.2 Å². The Kier molecular flexibility index (Phi) is 3.09. The predicted octanol–water partition coefficient (Wildman–Crippen LogP) is 3.64. The summed E-state index contributed by atoms with van der Waals surface area (Å²) in [6.45, 7) is 0.458. The number of thiazole rings is 1. The molecule has 0 saturated carbocycles. The number of nitrogens with zero attached hydrogens (tertiary/aromatic N) is 1. The Morgan fingerprint density at radius 2 is 2.21 bits per heavy atom. The molecule has 0 saturated heterocycles. The zero-order chi connectivity index (χ0) is 10.1. The van der Waals surface area contributed by atoms with E-state index >= 15 is 0 Å². The monoisotopic (exact) mass is 264 g/mol. The molecule has 0 unspecified atom stereocenters. The summed E-state index contributed by atoms with van der Waals surface area (Å²) < 4.78 is 1.34. The summed E-state index contributed by atoms with van der Waals surface area (Å²) in [7, 11) is 0. The minimum Gasteiger partial charge on any atom is -0.325 e. The molecular weight excluding hydrogens is 259 g/mol. The smallest absolute Gasteiger partial charge is 0.107 e. The summed E-state index contributed by atoms with van der Waals surface area (Å²) in [4.78, 5) is 4.33. The molecule has 0 radical (unpaired) electrons. The number of rotatable bonds is 2. The Morgan fingerprint density at radius 3 is 2.71 bits per heavy atom. The molecule has 14 heavy (non-hydrogen) atoms. The largest absolute Gasteiger partial charge is 0.325 e. The Labute approximate surface area is 99.3 Å². The summed E-state index contributed by atoms with van der Waals surface area (Å²) >= 11 is 14.7. The lowest BCUT2D eigenvalue weighted by atomic mass is 10.3. The van der Waals surface area contributed by atoms with Gasteiger partial charge in [0.15, 0.2) is 0 Å². The van der Waals surface area contributed by atoms with Gasteiger partial charge in [-0.2, -0.15) is 0 Å². The quantitative estimate of drug-likeness (QED) is 0.900. The van der Waals surface area contributed by atoms with Gasteiger partial charge in [0.25, 0.3) is 0 Å². The Hall–Kier alpha value is -0.130. The van der Waals surface area contributed by atoms with E-state index in [1.54, 1.807) is 0 Å². The molecule has 0 fully saturated rings. The van der Waals surface area contributed by atoms with Crippen molar-refractivity contribution in [2.24, 2.45) is 5.73 Å². The van der Waals surface area contributed by atoms with Gasteiger partial charge in [0.05, 0.1) is 10.0 Å². The van der Waals surface area contributed by atoms with Gasteiger partial charge in [-0.25, -0.2) is 4.98 Å². The van der Waals surface area contributed by atoms with Crippen molar-refractivity contribution in [3.8, 4) is 11.3 Å². The van der Waals surface area contributed by atoms with Crippen molar-refractivity contribution in [2.45, 2.75) is 6.54 Å². The summed E-state index contributed by atoms with van der Waals surface area (Å²) in [5.41, 5.74) is 7.21. The van der Waals surface area contributed by atoms with E-state index in [4.69, 9.17) is 28.9 Å². The van der Waals surface area contributed by atoms with Crippen LogP contribution in [0.4, 0.5) is 0 Å². The van der Waals surface area contributed by atoms with E-state index in [1.807, 2.05) is 11.4 Å². The van der Waals surface area contributed by atoms with Gasteiger partial charge >= 0.3 is 0 Å². The molecule has 0 spiro atoms. The summed E-state index contributed by atoms with van der Waals surface area (Å²) in [6.07, 6.45) is 0. The van der Waals surface area contributed by atoms with Gasteiger partial charge in [-0.1, -0.05) is 23.2 Å². The van der Waals surface area contributed by atoms with Crippen LogP contribution in [0.3, 0.4) is 0 Å². The standard InChI is InChI=1S/C8H6Cl2N2S2/c9-6-1-4(8(10)14-6)5-3-13-7(2-11)12-5/h1,3H,2,11H2. The van der Waals surface area contributed by atoms with E-state index < -0.39 is 0 Å². The minimum absolute atomic E-state index is 0.458. The van der Waals surface area contributed by atoms with Crippen LogP contribution in [0.15, 0.2) is 11.4 Å². The molecule has 0 aliphatic heterocycles. The lowest BCUT2D eigenvalue weighted by Crippen LogP contribution is -1.94. The van der Waals surface area contributed by atoms with Gasteiger partial charge in [-0.15, -0.1) is 22.7 Å². The van der Waals surface area contributed by atoms with Gasteiger partial charge < -0.3 is 5.73 Å². The van der Waals surface area contributed by atoms with E-state index in [9.17, 15) is 0 Å². The lowest BCUT2D eigenvalue weighted by molar-refractivity contribution is 1.04. The van der Waals surface area contributed by atoms with Crippen LogP contribution in [0.5, 0.6) is 0 Å². The van der Waals surface area contributed by atoms with Crippen LogP contribution < -0.4 is 5.73 Å². The zero-order valence-corrected chi connectivity index (χ0v) is 10.1. The molecule has 2 aromatic rings. The second-order valence-corrected chi connectivity index (χ2v) is 5.80. The van der Waals surface area contributed by atoms with Crippen molar-refractivity contribution in [1.82, 2.24) is 4.98 Å². The first kappa shape index (κ1) is 10.4. The van der Waals surface area contributed by atoms with Crippen LogP contribution in [0.25, 0.3) is 11.3 Å². The van der Waals surface area contributed by atoms with Gasteiger partial charge in [0.2, 0.25) is 0 Å². The summed E-state index contributed by atoms with van der Waals surface area (Å²) in [5, 5.41) is 2.84. The fourth-order valence-corrected chi connectivity index (χ4v) is 3.20. The van der Waals surface area contributed by atoms with Crippen molar-refractivity contribution in [3.05, 3.63) is 25.1 Å². The molecule has 2 nitrogen and oxygen atoms in total. The van der Waals surface area contributed by atoms with Gasteiger partial charge in [-0.3, -0.25) is 0 Å². The molecule has 6 heteroatoms. The molecule has 2 heterocycles. The molecule has 0 aliphatic carbocycles. The molecule has 74 valence electrons. The molecule has 0 aliphatic rings. The van der Waals surface area contributed by atoms with E-state index in [2.05, 4.69) is 4.98 Å². The molecule has 2 rings (SSSR count). The highest BCUT2D eigenvalue weighted by atomic mass is 35.5. The zero-order valence-electron chi connectivity index (χ0n) is 6.96. The highest BCUT2D eigenvalue weighted by molar-refractivity contribution is 7.20. The SMILES string of the molecule is NCc1nc(-c2cc(Cl)sc2Cl)cs1. The second-order valence-electron chi connectivity index (χ2n) is 2.57. The fourth-order valence-electron chi connectivity index (χ4n) is 1.04.